The van der Waals surface area contributed by atoms with E-state index in [1.807, 2.05) is 46.7 Å². The van der Waals surface area contributed by atoms with Gasteiger partial charge in [-0.1, -0.05) is 30.0 Å². The maximum absolute atomic E-state index is 12.4. The molecule has 0 unspecified atom stereocenters. The van der Waals surface area contributed by atoms with Gasteiger partial charge in [0.05, 0.1) is 5.75 Å². The summed E-state index contributed by atoms with van der Waals surface area (Å²) in [5.74, 6) is 2.13. The first-order valence-corrected chi connectivity index (χ1v) is 9.85. The molecule has 2 aromatic rings. The Hall–Kier alpha value is -2.06. The third-order valence-corrected chi connectivity index (χ3v) is 5.35. The van der Waals surface area contributed by atoms with Crippen LogP contribution < -0.4 is 4.74 Å². The quantitative estimate of drug-likeness (QED) is 0.687. The predicted molar refractivity (Wildman–Crippen MR) is 101 cm³/mol. The highest BCUT2D eigenvalue weighted by Crippen LogP contribution is 2.19. The van der Waals surface area contributed by atoms with E-state index in [4.69, 9.17) is 4.74 Å². The summed E-state index contributed by atoms with van der Waals surface area (Å²) >= 11 is 1.45. The number of aromatic nitrogens is 3. The molecule has 3 rings (SSSR count). The van der Waals surface area contributed by atoms with Crippen LogP contribution in [0.4, 0.5) is 0 Å². The molecule has 140 valence electrons. The molecule has 1 fully saturated rings. The Labute approximate surface area is 158 Å². The van der Waals surface area contributed by atoms with Crippen LogP contribution in [0.3, 0.4) is 0 Å². The number of benzene rings is 1. The van der Waals surface area contributed by atoms with Crippen LogP contribution in [0.1, 0.15) is 12.7 Å². The van der Waals surface area contributed by atoms with E-state index in [2.05, 4.69) is 22.1 Å². The molecule has 1 saturated heterocycles. The Morgan fingerprint density at radius 2 is 1.88 bits per heavy atom. The summed E-state index contributed by atoms with van der Waals surface area (Å²) in [6.07, 6.45) is 0. The average molecular weight is 375 g/mol. The molecule has 1 aromatic carbocycles. The topological polar surface area (TPSA) is 63.5 Å². The van der Waals surface area contributed by atoms with Crippen molar-refractivity contribution in [1.82, 2.24) is 24.6 Å². The number of hydrogen-bond acceptors (Lipinski definition) is 6. The smallest absolute Gasteiger partial charge is 0.233 e. The monoisotopic (exact) mass is 375 g/mol. The lowest BCUT2D eigenvalue weighted by Gasteiger charge is -2.32. The van der Waals surface area contributed by atoms with Crippen LogP contribution in [0.15, 0.2) is 35.5 Å². The van der Waals surface area contributed by atoms with E-state index < -0.39 is 0 Å². The summed E-state index contributed by atoms with van der Waals surface area (Å²) in [4.78, 5) is 16.6. The number of nitrogens with zero attached hydrogens (tertiary/aromatic N) is 5. The van der Waals surface area contributed by atoms with E-state index in [1.54, 1.807) is 0 Å². The number of likely N-dealkylation sites (N-methyl/N-ethyl adjacent to an activating group) is 1. The molecule has 1 aromatic heterocycles. The second-order valence-electron chi connectivity index (χ2n) is 6.22. The molecule has 0 saturated carbocycles. The van der Waals surface area contributed by atoms with Crippen LogP contribution in [0, 0.1) is 0 Å². The van der Waals surface area contributed by atoms with E-state index in [-0.39, 0.29) is 5.91 Å². The Kier molecular flexibility index (Phi) is 6.51. The molecule has 0 aliphatic carbocycles. The highest BCUT2D eigenvalue weighted by molar-refractivity contribution is 7.99. The van der Waals surface area contributed by atoms with Gasteiger partial charge in [0.2, 0.25) is 5.91 Å². The lowest BCUT2D eigenvalue weighted by molar-refractivity contribution is -0.129. The van der Waals surface area contributed by atoms with Gasteiger partial charge in [0, 0.05) is 32.7 Å². The number of ether oxygens (including phenoxy) is 1. The van der Waals surface area contributed by atoms with Gasteiger partial charge in [-0.2, -0.15) is 0 Å². The van der Waals surface area contributed by atoms with Gasteiger partial charge in [-0.15, -0.1) is 10.2 Å². The molecular weight excluding hydrogens is 350 g/mol. The molecule has 7 nitrogen and oxygen atoms in total. The Bertz CT molecular complexity index is 714. The summed E-state index contributed by atoms with van der Waals surface area (Å²) in [5, 5.41) is 9.25. The molecule has 0 radical (unpaired) electrons. The van der Waals surface area contributed by atoms with Crippen LogP contribution in [-0.4, -0.2) is 69.5 Å². The molecule has 1 aliphatic heterocycles. The van der Waals surface area contributed by atoms with Crippen LogP contribution in [-0.2, 0) is 17.9 Å². The van der Waals surface area contributed by atoms with Gasteiger partial charge >= 0.3 is 0 Å². The summed E-state index contributed by atoms with van der Waals surface area (Å²) in [5.41, 5.74) is 0. The molecule has 1 amide bonds. The number of carbonyl (C=O) groups excluding carboxylic acids is 1. The van der Waals surface area contributed by atoms with E-state index in [1.165, 1.54) is 11.8 Å². The summed E-state index contributed by atoms with van der Waals surface area (Å²) < 4.78 is 7.77. The lowest BCUT2D eigenvalue weighted by atomic mass is 10.3. The third-order valence-electron chi connectivity index (χ3n) is 4.40. The highest BCUT2D eigenvalue weighted by Gasteiger charge is 2.20. The Morgan fingerprint density at radius 1 is 1.15 bits per heavy atom. The molecule has 2 heterocycles. The third kappa shape index (κ3) is 4.76. The second-order valence-corrected chi connectivity index (χ2v) is 7.16. The Morgan fingerprint density at radius 3 is 2.58 bits per heavy atom. The van der Waals surface area contributed by atoms with Gasteiger partial charge in [0.25, 0.3) is 0 Å². The van der Waals surface area contributed by atoms with Gasteiger partial charge in [-0.05, 0) is 26.1 Å². The van der Waals surface area contributed by atoms with Gasteiger partial charge in [0.1, 0.15) is 12.4 Å². The predicted octanol–water partition coefficient (Wildman–Crippen LogP) is 1.74. The van der Waals surface area contributed by atoms with Crippen LogP contribution in [0.2, 0.25) is 0 Å². The molecule has 0 spiro atoms. The first kappa shape index (κ1) is 18.7. The van der Waals surface area contributed by atoms with E-state index in [9.17, 15) is 4.79 Å². The minimum absolute atomic E-state index is 0.163. The molecule has 0 atom stereocenters. The highest BCUT2D eigenvalue weighted by atomic mass is 32.2. The number of piperazine rings is 1. The minimum atomic E-state index is 0.163. The van der Waals surface area contributed by atoms with Crippen molar-refractivity contribution < 1.29 is 9.53 Å². The van der Waals surface area contributed by atoms with Crippen molar-refractivity contribution in [2.24, 2.45) is 0 Å². The first-order chi connectivity index (χ1) is 12.7. The first-order valence-electron chi connectivity index (χ1n) is 8.86. The zero-order valence-corrected chi connectivity index (χ0v) is 16.1. The molecule has 0 bridgehead atoms. The van der Waals surface area contributed by atoms with Crippen molar-refractivity contribution in [3.8, 4) is 5.75 Å². The molecule has 0 N–H and O–H groups in total. The maximum Gasteiger partial charge on any atom is 0.233 e. The van der Waals surface area contributed by atoms with E-state index >= 15 is 0 Å². The van der Waals surface area contributed by atoms with Gasteiger partial charge in [-0.25, -0.2) is 0 Å². The minimum Gasteiger partial charge on any atom is -0.486 e. The van der Waals surface area contributed by atoms with Crippen molar-refractivity contribution in [3.05, 3.63) is 36.2 Å². The second kappa shape index (κ2) is 9.05. The van der Waals surface area contributed by atoms with Gasteiger partial charge < -0.3 is 19.1 Å². The Balaban J connectivity index is 1.55. The van der Waals surface area contributed by atoms with Crippen molar-refractivity contribution in [2.45, 2.75) is 25.2 Å². The SMILES string of the molecule is CCn1c(COc2ccccc2)nnc1SCC(=O)N1CCN(C)CC1. The van der Waals surface area contributed by atoms with Gasteiger partial charge in [0.15, 0.2) is 11.0 Å². The molecule has 26 heavy (non-hydrogen) atoms. The number of amides is 1. The number of carbonyl (C=O) groups is 1. The zero-order chi connectivity index (χ0) is 18.4. The number of thioether (sulfide) groups is 1. The molecular formula is C18H25N5O2S. The molecule has 8 heteroatoms. The van der Waals surface area contributed by atoms with Crippen molar-refractivity contribution in [2.75, 3.05) is 39.0 Å². The standard InChI is InChI=1S/C18H25N5O2S/c1-3-23-16(13-25-15-7-5-4-6-8-15)19-20-18(23)26-14-17(24)22-11-9-21(2)10-12-22/h4-8H,3,9-14H2,1-2H3. The van der Waals surface area contributed by atoms with Crippen molar-refractivity contribution in [3.63, 3.8) is 0 Å². The van der Waals surface area contributed by atoms with Crippen LogP contribution in [0.5, 0.6) is 5.75 Å². The van der Waals surface area contributed by atoms with Crippen molar-refractivity contribution >= 4 is 17.7 Å². The average Bonchev–Trinajstić information content (AvgIpc) is 3.07. The van der Waals surface area contributed by atoms with Crippen molar-refractivity contribution in [1.29, 1.82) is 0 Å². The fourth-order valence-electron chi connectivity index (χ4n) is 2.79. The fraction of sp³-hybridized carbons (Fsp3) is 0.500. The summed E-state index contributed by atoms with van der Waals surface area (Å²) in [6, 6.07) is 9.65. The largest absolute Gasteiger partial charge is 0.486 e. The molecule has 1 aliphatic rings. The normalized spacial score (nSPS) is 15.2. The number of para-hydroxylation sites is 1. The summed E-state index contributed by atoms with van der Waals surface area (Å²) in [7, 11) is 2.08. The van der Waals surface area contributed by atoms with Crippen LogP contribution in [0.25, 0.3) is 0 Å². The zero-order valence-electron chi connectivity index (χ0n) is 15.3. The lowest BCUT2D eigenvalue weighted by Crippen LogP contribution is -2.47. The van der Waals surface area contributed by atoms with E-state index in [0.29, 0.717) is 12.4 Å². The summed E-state index contributed by atoms with van der Waals surface area (Å²) in [6.45, 7) is 6.61. The number of rotatable bonds is 7. The number of hydrogen-bond donors (Lipinski definition) is 0. The van der Waals surface area contributed by atoms with Gasteiger partial charge in [-0.3, -0.25) is 4.79 Å². The maximum atomic E-state index is 12.4. The van der Waals surface area contributed by atoms with Crippen LogP contribution >= 0.6 is 11.8 Å². The van der Waals surface area contributed by atoms with E-state index in [0.717, 1.165) is 49.5 Å². The fourth-order valence-corrected chi connectivity index (χ4v) is 3.71.